The highest BCUT2D eigenvalue weighted by Crippen LogP contribution is 2.12. The van der Waals surface area contributed by atoms with Gasteiger partial charge in [0.25, 0.3) is 5.91 Å². The van der Waals surface area contributed by atoms with Crippen molar-refractivity contribution in [1.82, 2.24) is 5.32 Å². The first-order valence-electron chi connectivity index (χ1n) is 7.95. The minimum absolute atomic E-state index is 0.0124. The van der Waals surface area contributed by atoms with Gasteiger partial charge >= 0.3 is 0 Å². The highest BCUT2D eigenvalue weighted by atomic mass is 32.2. The van der Waals surface area contributed by atoms with Gasteiger partial charge in [0.15, 0.2) is 0 Å². The molecule has 1 aromatic rings. The summed E-state index contributed by atoms with van der Waals surface area (Å²) in [6.07, 6.45) is 2.90. The van der Waals surface area contributed by atoms with Gasteiger partial charge in [-0.15, -0.1) is 0 Å². The number of benzene rings is 1. The molecule has 7 heteroatoms. The first kappa shape index (κ1) is 19.4. The Labute approximate surface area is 138 Å². The Morgan fingerprint density at radius 3 is 2.61 bits per heavy atom. The number of nitrogens with one attached hydrogen (secondary N) is 2. The van der Waals surface area contributed by atoms with E-state index in [-0.39, 0.29) is 11.7 Å². The molecule has 0 aromatic heterocycles. The number of anilines is 1. The van der Waals surface area contributed by atoms with Crippen LogP contribution in [0.1, 0.15) is 43.5 Å². The molecule has 1 aromatic carbocycles. The quantitative estimate of drug-likeness (QED) is 0.605. The second kappa shape index (κ2) is 10.2. The highest BCUT2D eigenvalue weighted by Gasteiger charge is 2.09. The third-order valence-corrected chi connectivity index (χ3v) is 4.48. The van der Waals surface area contributed by atoms with E-state index in [9.17, 15) is 13.2 Å². The zero-order valence-corrected chi connectivity index (χ0v) is 14.6. The fraction of sp³-hybridized carbons (Fsp3) is 0.562. The summed E-state index contributed by atoms with van der Waals surface area (Å²) in [6.45, 7) is 5.57. The van der Waals surface area contributed by atoms with Gasteiger partial charge in [-0.25, -0.2) is 8.42 Å². The van der Waals surface area contributed by atoms with Crippen LogP contribution in [-0.2, 0) is 14.8 Å². The Balaban J connectivity index is 2.42. The van der Waals surface area contributed by atoms with Crippen LogP contribution in [-0.4, -0.2) is 39.8 Å². The Kier molecular flexibility index (Phi) is 8.65. The molecule has 0 heterocycles. The van der Waals surface area contributed by atoms with Gasteiger partial charge in [-0.1, -0.05) is 19.4 Å². The summed E-state index contributed by atoms with van der Waals surface area (Å²) in [6, 6.07) is 6.44. The summed E-state index contributed by atoms with van der Waals surface area (Å²) in [5, 5.41) is 2.80. The summed E-state index contributed by atoms with van der Waals surface area (Å²) in [4.78, 5) is 12.0. The molecule has 2 N–H and O–H groups in total. The lowest BCUT2D eigenvalue weighted by Gasteiger charge is -2.09. The maximum absolute atomic E-state index is 12.0. The summed E-state index contributed by atoms with van der Waals surface area (Å²) in [5.41, 5.74) is 0.815. The minimum Gasteiger partial charge on any atom is -0.381 e. The van der Waals surface area contributed by atoms with Crippen molar-refractivity contribution < 1.29 is 17.9 Å². The van der Waals surface area contributed by atoms with Crippen molar-refractivity contribution in [3.05, 3.63) is 29.8 Å². The second-order valence-corrected chi connectivity index (χ2v) is 7.17. The molecule has 0 aliphatic heterocycles. The normalized spacial score (nSPS) is 11.2. The first-order valence-corrected chi connectivity index (χ1v) is 9.60. The monoisotopic (exact) mass is 342 g/mol. The Morgan fingerprint density at radius 1 is 1.17 bits per heavy atom. The fourth-order valence-corrected chi connectivity index (χ4v) is 2.43. The molecule has 0 aliphatic carbocycles. The molecule has 6 nitrogen and oxygen atoms in total. The number of rotatable bonds is 11. The summed E-state index contributed by atoms with van der Waals surface area (Å²) in [7, 11) is -3.35. The van der Waals surface area contributed by atoms with Crippen molar-refractivity contribution >= 4 is 21.6 Å². The van der Waals surface area contributed by atoms with E-state index < -0.39 is 10.0 Å². The van der Waals surface area contributed by atoms with E-state index in [1.807, 2.05) is 0 Å². The van der Waals surface area contributed by atoms with Crippen molar-refractivity contribution in [2.45, 2.75) is 33.1 Å². The van der Waals surface area contributed by atoms with Gasteiger partial charge in [-0.2, -0.15) is 0 Å². The van der Waals surface area contributed by atoms with Crippen LogP contribution in [0.5, 0.6) is 0 Å². The summed E-state index contributed by atoms with van der Waals surface area (Å²) >= 11 is 0. The van der Waals surface area contributed by atoms with Crippen LogP contribution in [0.3, 0.4) is 0 Å². The lowest BCUT2D eigenvalue weighted by Crippen LogP contribution is -2.25. The number of hydrogen-bond acceptors (Lipinski definition) is 4. The Hall–Kier alpha value is -1.60. The number of carbonyl (C=O) groups is 1. The lowest BCUT2D eigenvalue weighted by atomic mass is 10.2. The largest absolute Gasteiger partial charge is 0.381 e. The van der Waals surface area contributed by atoms with Crippen molar-refractivity contribution in [3.8, 4) is 0 Å². The number of amides is 1. The molecule has 0 spiro atoms. The third-order valence-electron chi connectivity index (χ3n) is 3.17. The maximum atomic E-state index is 12.0. The summed E-state index contributed by atoms with van der Waals surface area (Å²) < 4.78 is 30.9. The predicted molar refractivity (Wildman–Crippen MR) is 92.2 cm³/mol. The molecule has 0 atom stereocenters. The molecule has 23 heavy (non-hydrogen) atoms. The SMILES string of the molecule is CCCCOCCCNC(=O)c1cccc(NS(=O)(=O)CC)c1. The van der Waals surface area contributed by atoms with Gasteiger partial charge in [0.05, 0.1) is 5.75 Å². The molecule has 0 aliphatic rings. The minimum atomic E-state index is -3.35. The zero-order chi connectivity index (χ0) is 17.1. The maximum Gasteiger partial charge on any atom is 0.251 e. The smallest absolute Gasteiger partial charge is 0.251 e. The van der Waals surface area contributed by atoms with Gasteiger partial charge in [0.2, 0.25) is 10.0 Å². The number of sulfonamides is 1. The van der Waals surface area contributed by atoms with Gasteiger partial charge in [0.1, 0.15) is 0 Å². The molecule has 0 bridgehead atoms. The van der Waals surface area contributed by atoms with E-state index in [1.54, 1.807) is 25.1 Å². The van der Waals surface area contributed by atoms with Crippen molar-refractivity contribution in [3.63, 3.8) is 0 Å². The molecule has 0 fully saturated rings. The fourth-order valence-electron chi connectivity index (χ4n) is 1.80. The molecular formula is C16H26N2O4S. The predicted octanol–water partition coefficient (Wildman–Crippen LogP) is 2.38. The van der Waals surface area contributed by atoms with E-state index >= 15 is 0 Å². The topological polar surface area (TPSA) is 84.5 Å². The van der Waals surface area contributed by atoms with Crippen molar-refractivity contribution in [2.24, 2.45) is 0 Å². The number of unbranched alkanes of at least 4 members (excludes halogenated alkanes) is 1. The number of ether oxygens (including phenoxy) is 1. The number of carbonyl (C=O) groups excluding carboxylic acids is 1. The Bertz CT molecular complexity index is 587. The third kappa shape index (κ3) is 7.99. The Morgan fingerprint density at radius 2 is 1.91 bits per heavy atom. The summed E-state index contributed by atoms with van der Waals surface area (Å²) in [5.74, 6) is -0.238. The van der Waals surface area contributed by atoms with Crippen LogP contribution in [0.2, 0.25) is 0 Å². The van der Waals surface area contributed by atoms with Crippen LogP contribution in [0, 0.1) is 0 Å². The molecule has 130 valence electrons. The van der Waals surface area contributed by atoms with Gasteiger partial charge in [-0.3, -0.25) is 9.52 Å². The highest BCUT2D eigenvalue weighted by molar-refractivity contribution is 7.92. The van der Waals surface area contributed by atoms with Crippen molar-refractivity contribution in [2.75, 3.05) is 30.2 Å². The van der Waals surface area contributed by atoms with Gasteiger partial charge in [0, 0.05) is 31.0 Å². The molecular weight excluding hydrogens is 316 g/mol. The average molecular weight is 342 g/mol. The van der Waals surface area contributed by atoms with E-state index in [0.29, 0.717) is 24.4 Å². The molecule has 0 unspecified atom stereocenters. The van der Waals surface area contributed by atoms with E-state index in [0.717, 1.165) is 25.9 Å². The van der Waals surface area contributed by atoms with Crippen LogP contribution in [0.25, 0.3) is 0 Å². The molecule has 1 amide bonds. The van der Waals surface area contributed by atoms with E-state index in [1.165, 1.54) is 6.07 Å². The second-order valence-electron chi connectivity index (χ2n) is 5.16. The lowest BCUT2D eigenvalue weighted by molar-refractivity contribution is 0.0940. The first-order chi connectivity index (χ1) is 11.0. The van der Waals surface area contributed by atoms with Crippen molar-refractivity contribution in [1.29, 1.82) is 0 Å². The van der Waals surface area contributed by atoms with E-state index in [4.69, 9.17) is 4.74 Å². The van der Waals surface area contributed by atoms with E-state index in [2.05, 4.69) is 17.0 Å². The standard InChI is InChI=1S/C16H26N2O4S/c1-3-5-11-22-12-7-10-17-16(19)14-8-6-9-15(13-14)18-23(20,21)4-2/h6,8-9,13,18H,3-5,7,10-12H2,1-2H3,(H,17,19). The molecule has 0 radical (unpaired) electrons. The van der Waals surface area contributed by atoms with Gasteiger partial charge in [-0.05, 0) is 38.0 Å². The van der Waals surface area contributed by atoms with Crippen LogP contribution in [0.4, 0.5) is 5.69 Å². The van der Waals surface area contributed by atoms with Crippen LogP contribution >= 0.6 is 0 Å². The molecule has 0 saturated heterocycles. The number of hydrogen-bond donors (Lipinski definition) is 2. The molecule has 1 rings (SSSR count). The zero-order valence-electron chi connectivity index (χ0n) is 13.8. The average Bonchev–Trinajstić information content (AvgIpc) is 2.53. The van der Waals surface area contributed by atoms with Gasteiger partial charge < -0.3 is 10.1 Å². The van der Waals surface area contributed by atoms with Crippen LogP contribution < -0.4 is 10.0 Å². The van der Waals surface area contributed by atoms with Crippen LogP contribution in [0.15, 0.2) is 24.3 Å². The molecule has 0 saturated carbocycles.